The first kappa shape index (κ1) is 12.3. The molecule has 0 saturated carbocycles. The lowest BCUT2D eigenvalue weighted by atomic mass is 9.75. The minimum Gasteiger partial charge on any atom is -0.338 e. The molecule has 7 heteroatoms. The quantitative estimate of drug-likeness (QED) is 0.861. The lowest BCUT2D eigenvalue weighted by Crippen LogP contribution is -2.40. The van der Waals surface area contributed by atoms with Gasteiger partial charge in [-0.05, 0) is 31.8 Å². The third kappa shape index (κ3) is 2.25. The molecule has 3 heterocycles. The van der Waals surface area contributed by atoms with E-state index in [4.69, 9.17) is 4.52 Å². The highest BCUT2D eigenvalue weighted by molar-refractivity contribution is 5.40. The van der Waals surface area contributed by atoms with Crippen molar-refractivity contribution in [2.45, 2.75) is 32.1 Å². The summed E-state index contributed by atoms with van der Waals surface area (Å²) < 4.78 is 5.43. The van der Waals surface area contributed by atoms with E-state index in [1.807, 2.05) is 0 Å². The summed E-state index contributed by atoms with van der Waals surface area (Å²) in [6.45, 7) is 6.40. The van der Waals surface area contributed by atoms with Gasteiger partial charge in [0.2, 0.25) is 11.7 Å². The van der Waals surface area contributed by atoms with Gasteiger partial charge in [0.15, 0.2) is 5.82 Å². The van der Waals surface area contributed by atoms with E-state index in [0.717, 1.165) is 13.1 Å². The molecule has 102 valence electrons. The number of aromatic nitrogens is 5. The van der Waals surface area contributed by atoms with Gasteiger partial charge in [-0.25, -0.2) is 4.98 Å². The number of piperidine rings is 1. The number of nitrogens with one attached hydrogen (secondary N) is 2. The van der Waals surface area contributed by atoms with Gasteiger partial charge in [0, 0.05) is 5.41 Å². The Morgan fingerprint density at radius 2 is 2.32 bits per heavy atom. The van der Waals surface area contributed by atoms with Crippen molar-refractivity contribution >= 4 is 0 Å². The maximum Gasteiger partial charge on any atom is 0.239 e. The molecule has 0 bridgehead atoms. The number of hydrogen-bond acceptors (Lipinski definition) is 6. The summed E-state index contributed by atoms with van der Waals surface area (Å²) in [4.78, 5) is 8.49. The molecular formula is C12H18N6O. The minimum atomic E-state index is -0.140. The summed E-state index contributed by atoms with van der Waals surface area (Å²) in [5.41, 5.74) is -0.140. The maximum atomic E-state index is 5.43. The van der Waals surface area contributed by atoms with Crippen molar-refractivity contribution in [2.24, 2.45) is 5.92 Å². The van der Waals surface area contributed by atoms with Crippen LogP contribution in [-0.4, -0.2) is 38.4 Å². The van der Waals surface area contributed by atoms with Gasteiger partial charge in [-0.1, -0.05) is 19.0 Å². The summed E-state index contributed by atoms with van der Waals surface area (Å²) in [6, 6.07) is 0. The maximum absolute atomic E-state index is 5.43. The van der Waals surface area contributed by atoms with Crippen LogP contribution in [0, 0.1) is 5.92 Å². The van der Waals surface area contributed by atoms with E-state index in [-0.39, 0.29) is 5.41 Å². The second-order valence-electron chi connectivity index (χ2n) is 5.52. The zero-order valence-electron chi connectivity index (χ0n) is 11.2. The lowest BCUT2D eigenvalue weighted by molar-refractivity contribution is 0.196. The van der Waals surface area contributed by atoms with Crippen LogP contribution in [-0.2, 0) is 5.41 Å². The first-order valence-electron chi connectivity index (χ1n) is 6.58. The van der Waals surface area contributed by atoms with Gasteiger partial charge < -0.3 is 9.84 Å². The zero-order chi connectivity index (χ0) is 13.3. The Morgan fingerprint density at radius 1 is 1.42 bits per heavy atom. The Kier molecular flexibility index (Phi) is 3.06. The molecule has 3 rings (SSSR count). The van der Waals surface area contributed by atoms with Crippen LogP contribution in [0.2, 0.25) is 0 Å². The van der Waals surface area contributed by atoms with Crippen LogP contribution in [0.4, 0.5) is 0 Å². The van der Waals surface area contributed by atoms with Crippen LogP contribution in [0.15, 0.2) is 10.9 Å². The van der Waals surface area contributed by atoms with Gasteiger partial charge in [-0.3, -0.25) is 5.10 Å². The predicted octanol–water partition coefficient (Wildman–Crippen LogP) is 1.13. The van der Waals surface area contributed by atoms with Crippen LogP contribution in [0.5, 0.6) is 0 Å². The molecule has 2 N–H and O–H groups in total. The molecule has 2 aromatic heterocycles. The zero-order valence-corrected chi connectivity index (χ0v) is 11.2. The average molecular weight is 262 g/mol. The van der Waals surface area contributed by atoms with Crippen LogP contribution < -0.4 is 5.32 Å². The third-order valence-corrected chi connectivity index (χ3v) is 3.92. The van der Waals surface area contributed by atoms with E-state index in [1.165, 1.54) is 19.2 Å². The third-order valence-electron chi connectivity index (χ3n) is 3.92. The van der Waals surface area contributed by atoms with Crippen LogP contribution >= 0.6 is 0 Å². The Labute approximate surface area is 111 Å². The molecule has 0 aromatic carbocycles. The first-order chi connectivity index (χ1) is 9.18. The summed E-state index contributed by atoms with van der Waals surface area (Å²) in [7, 11) is 0. The molecule has 7 nitrogen and oxygen atoms in total. The van der Waals surface area contributed by atoms with Crippen molar-refractivity contribution in [2.75, 3.05) is 13.1 Å². The fraction of sp³-hybridized carbons (Fsp3) is 0.667. The van der Waals surface area contributed by atoms with Gasteiger partial charge in [-0.2, -0.15) is 10.1 Å². The van der Waals surface area contributed by atoms with Crippen LogP contribution in [0.1, 0.15) is 32.6 Å². The number of nitrogens with zero attached hydrogens (tertiary/aromatic N) is 4. The SMILES string of the molecule is CC(C)(c1nc(-c2ncn[nH]2)no1)C1CCCNC1. The van der Waals surface area contributed by atoms with Crippen molar-refractivity contribution in [1.82, 2.24) is 30.6 Å². The number of rotatable bonds is 3. The summed E-state index contributed by atoms with van der Waals surface area (Å²) >= 11 is 0. The summed E-state index contributed by atoms with van der Waals surface area (Å²) in [5.74, 6) is 2.16. The normalized spacial score (nSPS) is 20.6. The molecule has 1 unspecified atom stereocenters. The van der Waals surface area contributed by atoms with E-state index >= 15 is 0 Å². The Balaban J connectivity index is 1.84. The molecule has 1 atom stereocenters. The van der Waals surface area contributed by atoms with E-state index in [0.29, 0.717) is 23.5 Å². The van der Waals surface area contributed by atoms with Crippen molar-refractivity contribution in [3.05, 3.63) is 12.2 Å². The first-order valence-corrected chi connectivity index (χ1v) is 6.58. The van der Waals surface area contributed by atoms with Crippen molar-refractivity contribution in [1.29, 1.82) is 0 Å². The molecule has 0 radical (unpaired) electrons. The van der Waals surface area contributed by atoms with Gasteiger partial charge in [0.1, 0.15) is 6.33 Å². The highest BCUT2D eigenvalue weighted by Crippen LogP contribution is 2.35. The number of hydrogen-bond donors (Lipinski definition) is 2. The minimum absolute atomic E-state index is 0.140. The van der Waals surface area contributed by atoms with Gasteiger partial charge >= 0.3 is 0 Å². The van der Waals surface area contributed by atoms with E-state index in [9.17, 15) is 0 Å². The van der Waals surface area contributed by atoms with Gasteiger partial charge in [0.05, 0.1) is 0 Å². The number of aromatic amines is 1. The van der Waals surface area contributed by atoms with Gasteiger partial charge in [-0.15, -0.1) is 0 Å². The molecule has 19 heavy (non-hydrogen) atoms. The van der Waals surface area contributed by atoms with Crippen molar-refractivity contribution in [3.63, 3.8) is 0 Å². The van der Waals surface area contributed by atoms with Gasteiger partial charge in [0.25, 0.3) is 0 Å². The fourth-order valence-electron chi connectivity index (χ4n) is 2.54. The van der Waals surface area contributed by atoms with Crippen molar-refractivity contribution < 1.29 is 4.52 Å². The molecule has 0 spiro atoms. The monoisotopic (exact) mass is 262 g/mol. The molecule has 1 aliphatic heterocycles. The summed E-state index contributed by atoms with van der Waals surface area (Å²) in [5, 5.41) is 13.9. The fourth-order valence-corrected chi connectivity index (χ4v) is 2.54. The second kappa shape index (κ2) is 4.73. The smallest absolute Gasteiger partial charge is 0.239 e. The standard InChI is InChI=1S/C12H18N6O/c1-12(2,8-4-3-5-13-6-8)11-16-10(18-19-11)9-14-7-15-17-9/h7-8,13H,3-6H2,1-2H3,(H,14,15,17). The second-order valence-corrected chi connectivity index (χ2v) is 5.52. The van der Waals surface area contributed by atoms with Crippen molar-refractivity contribution in [3.8, 4) is 11.6 Å². The highest BCUT2D eigenvalue weighted by atomic mass is 16.5. The molecular weight excluding hydrogens is 244 g/mol. The summed E-state index contributed by atoms with van der Waals surface area (Å²) in [6.07, 6.45) is 3.80. The molecule has 1 saturated heterocycles. The average Bonchev–Trinajstić information content (AvgIpc) is 3.10. The van der Waals surface area contributed by atoms with Crippen LogP contribution in [0.3, 0.4) is 0 Å². The highest BCUT2D eigenvalue weighted by Gasteiger charge is 2.37. The van der Waals surface area contributed by atoms with E-state index in [2.05, 4.69) is 44.5 Å². The Bertz CT molecular complexity index is 526. The topological polar surface area (TPSA) is 92.5 Å². The molecule has 0 amide bonds. The molecule has 1 aliphatic rings. The Hall–Kier alpha value is -1.76. The number of H-pyrrole nitrogens is 1. The molecule has 0 aliphatic carbocycles. The Morgan fingerprint density at radius 3 is 3.00 bits per heavy atom. The van der Waals surface area contributed by atoms with E-state index < -0.39 is 0 Å². The lowest BCUT2D eigenvalue weighted by Gasteiger charge is -2.34. The largest absolute Gasteiger partial charge is 0.338 e. The predicted molar refractivity (Wildman–Crippen MR) is 68.3 cm³/mol. The molecule has 1 fully saturated rings. The molecule has 2 aromatic rings. The van der Waals surface area contributed by atoms with Crippen LogP contribution in [0.25, 0.3) is 11.6 Å². The van der Waals surface area contributed by atoms with E-state index in [1.54, 1.807) is 0 Å².